The summed E-state index contributed by atoms with van der Waals surface area (Å²) in [5.41, 5.74) is 0.260. The minimum absolute atomic E-state index is 0.156. The van der Waals surface area contributed by atoms with Gasteiger partial charge >= 0.3 is 0 Å². The Hall–Kier alpha value is -1.32. The summed E-state index contributed by atoms with van der Waals surface area (Å²) < 4.78 is 7.95. The molecule has 2 heterocycles. The van der Waals surface area contributed by atoms with E-state index in [-0.39, 0.29) is 5.78 Å². The van der Waals surface area contributed by atoms with Crippen molar-refractivity contribution in [3.63, 3.8) is 0 Å². The number of nitrogens with zero attached hydrogens (tertiary/aromatic N) is 2. The maximum absolute atomic E-state index is 12.1. The van der Waals surface area contributed by atoms with Crippen molar-refractivity contribution in [2.75, 3.05) is 0 Å². The fourth-order valence-corrected chi connectivity index (χ4v) is 3.01. The highest BCUT2D eigenvalue weighted by Gasteiger charge is 2.36. The Bertz CT molecular complexity index is 470. The van der Waals surface area contributed by atoms with Crippen LogP contribution in [-0.2, 0) is 0 Å². The third-order valence-corrected chi connectivity index (χ3v) is 3.93. The van der Waals surface area contributed by atoms with Crippen molar-refractivity contribution in [3.05, 3.63) is 11.8 Å². The summed E-state index contributed by atoms with van der Waals surface area (Å²) in [6.07, 6.45) is 8.22. The molecule has 0 amide bonds. The van der Waals surface area contributed by atoms with Crippen molar-refractivity contribution >= 4 is 5.78 Å². The zero-order valence-electron chi connectivity index (χ0n) is 11.1. The minimum Gasteiger partial charge on any atom is -0.471 e. The molecule has 4 heteroatoms. The summed E-state index contributed by atoms with van der Waals surface area (Å²) in [6, 6.07) is 0.407. The number of ketones is 1. The molecule has 98 valence electrons. The zero-order chi connectivity index (χ0) is 12.8. The van der Waals surface area contributed by atoms with Crippen molar-refractivity contribution < 1.29 is 9.53 Å². The van der Waals surface area contributed by atoms with E-state index in [0.717, 1.165) is 12.8 Å². The smallest absolute Gasteiger partial charge is 0.223 e. The number of fused-ring (bicyclic) bond motifs is 1. The van der Waals surface area contributed by atoms with E-state index in [2.05, 4.69) is 5.10 Å². The first-order chi connectivity index (χ1) is 8.57. The molecule has 0 unspecified atom stereocenters. The van der Waals surface area contributed by atoms with Gasteiger partial charge in [-0.1, -0.05) is 19.3 Å². The molecule has 1 aliphatic heterocycles. The summed E-state index contributed by atoms with van der Waals surface area (Å²) in [6.45, 7) is 3.93. The number of aromatic nitrogens is 2. The summed E-state index contributed by atoms with van der Waals surface area (Å²) in [5.74, 6) is 0.853. The van der Waals surface area contributed by atoms with Gasteiger partial charge in [-0.3, -0.25) is 4.79 Å². The molecule has 3 rings (SSSR count). The molecule has 2 aliphatic rings. The fraction of sp³-hybridized carbons (Fsp3) is 0.714. The molecular formula is C14H20N2O2. The molecule has 0 saturated heterocycles. The second-order valence-electron chi connectivity index (χ2n) is 6.06. The predicted molar refractivity (Wildman–Crippen MR) is 68.0 cm³/mol. The Morgan fingerprint density at radius 2 is 2.06 bits per heavy atom. The van der Waals surface area contributed by atoms with Crippen molar-refractivity contribution in [2.24, 2.45) is 0 Å². The molecule has 1 aromatic rings. The van der Waals surface area contributed by atoms with Crippen LogP contribution in [0.5, 0.6) is 5.88 Å². The topological polar surface area (TPSA) is 44.1 Å². The Morgan fingerprint density at radius 3 is 2.78 bits per heavy atom. The van der Waals surface area contributed by atoms with E-state index in [4.69, 9.17) is 4.74 Å². The number of rotatable bonds is 1. The van der Waals surface area contributed by atoms with E-state index in [1.54, 1.807) is 6.20 Å². The van der Waals surface area contributed by atoms with E-state index in [1.165, 1.54) is 19.3 Å². The average Bonchev–Trinajstić information content (AvgIpc) is 2.72. The standard InChI is InChI=1S/C14H20N2O2/c1-14(2)8-12(17)11-9-15-16(13(11)18-14)10-6-4-3-5-7-10/h9-10H,3-8H2,1-2H3. The monoisotopic (exact) mass is 248 g/mol. The lowest BCUT2D eigenvalue weighted by molar-refractivity contribution is 0.0540. The fourth-order valence-electron chi connectivity index (χ4n) is 3.01. The lowest BCUT2D eigenvalue weighted by Gasteiger charge is -2.32. The summed E-state index contributed by atoms with van der Waals surface area (Å²) in [5, 5.41) is 4.41. The summed E-state index contributed by atoms with van der Waals surface area (Å²) in [7, 11) is 0. The molecule has 1 fully saturated rings. The number of ether oxygens (including phenoxy) is 1. The van der Waals surface area contributed by atoms with Crippen LogP contribution in [0.1, 0.15) is 68.8 Å². The first-order valence-corrected chi connectivity index (χ1v) is 6.86. The zero-order valence-corrected chi connectivity index (χ0v) is 11.1. The van der Waals surface area contributed by atoms with Crippen molar-refractivity contribution in [1.82, 2.24) is 9.78 Å². The quantitative estimate of drug-likeness (QED) is 0.767. The normalized spacial score (nSPS) is 23.6. The number of carbonyl (C=O) groups is 1. The van der Waals surface area contributed by atoms with Gasteiger partial charge in [-0.2, -0.15) is 5.10 Å². The van der Waals surface area contributed by atoms with E-state index in [0.29, 0.717) is 23.9 Å². The molecule has 0 atom stereocenters. The third kappa shape index (κ3) is 1.93. The maximum atomic E-state index is 12.1. The molecule has 0 bridgehead atoms. The van der Waals surface area contributed by atoms with Crippen LogP contribution in [0.4, 0.5) is 0 Å². The highest BCUT2D eigenvalue weighted by molar-refractivity contribution is 5.99. The van der Waals surface area contributed by atoms with Gasteiger partial charge in [-0.15, -0.1) is 0 Å². The van der Waals surface area contributed by atoms with E-state index < -0.39 is 5.60 Å². The van der Waals surface area contributed by atoms with Crippen molar-refractivity contribution in [1.29, 1.82) is 0 Å². The van der Waals surface area contributed by atoms with Crippen LogP contribution in [0.15, 0.2) is 6.20 Å². The van der Waals surface area contributed by atoms with Crippen LogP contribution in [0.25, 0.3) is 0 Å². The average molecular weight is 248 g/mol. The van der Waals surface area contributed by atoms with Gasteiger partial charge in [-0.05, 0) is 26.7 Å². The van der Waals surface area contributed by atoms with Gasteiger partial charge in [0, 0.05) is 0 Å². The number of Topliss-reactive ketones (excluding diaryl/α,β-unsaturated/α-hetero) is 1. The van der Waals surface area contributed by atoms with Crippen molar-refractivity contribution in [2.45, 2.75) is 64.0 Å². The number of hydrogen-bond acceptors (Lipinski definition) is 3. The molecule has 18 heavy (non-hydrogen) atoms. The first-order valence-electron chi connectivity index (χ1n) is 6.86. The highest BCUT2D eigenvalue weighted by atomic mass is 16.5. The second kappa shape index (κ2) is 4.11. The molecular weight excluding hydrogens is 228 g/mol. The van der Waals surface area contributed by atoms with Crippen LogP contribution in [0.3, 0.4) is 0 Å². The molecule has 0 radical (unpaired) electrons. The molecule has 0 aromatic carbocycles. The van der Waals surface area contributed by atoms with Gasteiger partial charge in [0.15, 0.2) is 5.78 Å². The lowest BCUT2D eigenvalue weighted by atomic mass is 9.94. The molecule has 1 saturated carbocycles. The Balaban J connectivity index is 1.96. The van der Waals surface area contributed by atoms with E-state index in [1.807, 2.05) is 18.5 Å². The van der Waals surface area contributed by atoms with Gasteiger partial charge < -0.3 is 4.74 Å². The first kappa shape index (κ1) is 11.8. The Kier molecular flexibility index (Phi) is 2.68. The molecule has 0 spiro atoms. The molecule has 4 nitrogen and oxygen atoms in total. The largest absolute Gasteiger partial charge is 0.471 e. The van der Waals surface area contributed by atoms with Gasteiger partial charge in [0.1, 0.15) is 5.60 Å². The summed E-state index contributed by atoms with van der Waals surface area (Å²) >= 11 is 0. The van der Waals surface area contributed by atoms with Gasteiger partial charge in [-0.25, -0.2) is 4.68 Å². The Labute approximate surface area is 107 Å². The van der Waals surface area contributed by atoms with Gasteiger partial charge in [0.05, 0.1) is 24.2 Å². The Morgan fingerprint density at radius 1 is 1.33 bits per heavy atom. The van der Waals surface area contributed by atoms with Crippen LogP contribution in [0, 0.1) is 0 Å². The van der Waals surface area contributed by atoms with Gasteiger partial charge in [0.2, 0.25) is 5.88 Å². The lowest BCUT2D eigenvalue weighted by Crippen LogP contribution is -2.36. The van der Waals surface area contributed by atoms with Crippen LogP contribution < -0.4 is 4.74 Å². The SMILES string of the molecule is CC1(C)CC(=O)c2cnn(C3CCCCC3)c2O1. The molecule has 0 N–H and O–H groups in total. The number of hydrogen-bond donors (Lipinski definition) is 0. The maximum Gasteiger partial charge on any atom is 0.223 e. The molecule has 1 aromatic heterocycles. The van der Waals surface area contributed by atoms with Gasteiger partial charge in [0.25, 0.3) is 0 Å². The minimum atomic E-state index is -0.406. The second-order valence-corrected chi connectivity index (χ2v) is 6.06. The van der Waals surface area contributed by atoms with E-state index >= 15 is 0 Å². The highest BCUT2D eigenvalue weighted by Crippen LogP contribution is 2.37. The molecule has 1 aliphatic carbocycles. The third-order valence-electron chi connectivity index (χ3n) is 3.93. The van der Waals surface area contributed by atoms with Crippen LogP contribution >= 0.6 is 0 Å². The number of carbonyl (C=O) groups excluding carboxylic acids is 1. The van der Waals surface area contributed by atoms with Crippen molar-refractivity contribution in [3.8, 4) is 5.88 Å². The summed E-state index contributed by atoms with van der Waals surface area (Å²) in [4.78, 5) is 12.1. The van der Waals surface area contributed by atoms with Crippen LogP contribution in [-0.4, -0.2) is 21.2 Å². The van der Waals surface area contributed by atoms with Crippen LogP contribution in [0.2, 0.25) is 0 Å². The predicted octanol–water partition coefficient (Wildman–Crippen LogP) is 3.13. The van der Waals surface area contributed by atoms with E-state index in [9.17, 15) is 4.79 Å².